The summed E-state index contributed by atoms with van der Waals surface area (Å²) >= 11 is 30.0. The van der Waals surface area contributed by atoms with E-state index in [1.54, 1.807) is 18.2 Å². The molecular weight excluding hydrogens is 425 g/mol. The minimum atomic E-state index is -2.10. The predicted molar refractivity (Wildman–Crippen MR) is 95.2 cm³/mol. The topological polar surface area (TPSA) is 59.3 Å². The van der Waals surface area contributed by atoms with Crippen molar-refractivity contribution >= 4 is 86.2 Å². The van der Waals surface area contributed by atoms with Crippen molar-refractivity contribution in [2.75, 3.05) is 5.32 Å². The monoisotopic (exact) mass is 428 g/mol. The number of anilines is 1. The molecule has 0 aliphatic heterocycles. The second-order valence-corrected chi connectivity index (χ2v) is 8.29. The van der Waals surface area contributed by atoms with E-state index >= 15 is 0 Å². The average Bonchev–Trinajstić information content (AvgIpc) is 3.00. The first-order valence-electron chi connectivity index (χ1n) is 5.93. The molecule has 0 radical (unpaired) electrons. The number of alkyl halides is 3. The average molecular weight is 431 g/mol. The van der Waals surface area contributed by atoms with Gasteiger partial charge in [-0.05, 0) is 18.2 Å². The number of nitrogens with zero attached hydrogens (tertiary/aromatic N) is 3. The fraction of sp³-hybridized carbons (Fsp3) is 0.0833. The molecule has 0 spiro atoms. The van der Waals surface area contributed by atoms with E-state index in [0.29, 0.717) is 26.3 Å². The van der Waals surface area contributed by atoms with Crippen LogP contribution in [0.4, 0.5) is 5.95 Å². The maximum absolute atomic E-state index is 11.7. The Kier molecular flexibility index (Phi) is 4.66. The first-order chi connectivity index (χ1) is 10.8. The predicted octanol–water partition coefficient (Wildman–Crippen LogP) is 5.07. The number of fused-ring (bicyclic) bond motifs is 1. The number of aromatic nitrogens is 3. The van der Waals surface area contributed by atoms with Crippen molar-refractivity contribution in [3.05, 3.63) is 33.6 Å². The van der Waals surface area contributed by atoms with Gasteiger partial charge in [-0.25, -0.2) is 4.52 Å². The van der Waals surface area contributed by atoms with Crippen molar-refractivity contribution in [3.8, 4) is 11.3 Å². The molecule has 3 aromatic rings. The summed E-state index contributed by atoms with van der Waals surface area (Å²) in [6.07, 6.45) is 0. The molecule has 1 N–H and O–H groups in total. The molecule has 0 fully saturated rings. The van der Waals surface area contributed by atoms with Crippen LogP contribution in [-0.2, 0) is 4.79 Å². The number of carbonyl (C=O) groups excluding carboxylic acids is 1. The molecular formula is C12H5Cl5N4OS. The van der Waals surface area contributed by atoms with Crippen LogP contribution in [0.3, 0.4) is 0 Å². The molecule has 5 nitrogen and oxygen atoms in total. The molecule has 0 bridgehead atoms. The van der Waals surface area contributed by atoms with Gasteiger partial charge in [-0.3, -0.25) is 10.1 Å². The normalized spacial score (nSPS) is 11.9. The van der Waals surface area contributed by atoms with Crippen LogP contribution >= 0.6 is 69.3 Å². The second-order valence-electron chi connectivity index (χ2n) is 4.33. The van der Waals surface area contributed by atoms with Crippen LogP contribution < -0.4 is 5.32 Å². The van der Waals surface area contributed by atoms with Gasteiger partial charge < -0.3 is 0 Å². The molecule has 0 saturated heterocycles. The Balaban J connectivity index is 2.01. The zero-order valence-electron chi connectivity index (χ0n) is 10.9. The molecule has 0 atom stereocenters. The number of amides is 1. The summed E-state index contributed by atoms with van der Waals surface area (Å²) in [7, 11) is 0. The lowest BCUT2D eigenvalue weighted by molar-refractivity contribution is -0.115. The zero-order chi connectivity index (χ0) is 16.8. The number of nitrogens with one attached hydrogen (secondary N) is 1. The first-order valence-corrected chi connectivity index (χ1v) is 8.70. The molecule has 0 unspecified atom stereocenters. The number of hydrogen-bond donors (Lipinski definition) is 1. The summed E-state index contributed by atoms with van der Waals surface area (Å²) in [6.45, 7) is 0. The highest BCUT2D eigenvalue weighted by Gasteiger charge is 2.31. The summed E-state index contributed by atoms with van der Waals surface area (Å²) in [6, 6.07) is 5.09. The second kappa shape index (κ2) is 6.27. The summed E-state index contributed by atoms with van der Waals surface area (Å²) in [5, 5.41) is 9.38. The van der Waals surface area contributed by atoms with Gasteiger partial charge in [-0.2, -0.15) is 4.98 Å². The van der Waals surface area contributed by atoms with Gasteiger partial charge in [0.05, 0.1) is 10.7 Å². The van der Waals surface area contributed by atoms with Crippen molar-refractivity contribution in [2.45, 2.75) is 3.79 Å². The van der Waals surface area contributed by atoms with Crippen molar-refractivity contribution in [3.63, 3.8) is 0 Å². The lowest BCUT2D eigenvalue weighted by atomic mass is 10.2. The Morgan fingerprint density at radius 3 is 2.70 bits per heavy atom. The van der Waals surface area contributed by atoms with Gasteiger partial charge >= 0.3 is 0 Å². The molecule has 0 aliphatic rings. The Bertz CT molecular complexity index is 901. The minimum absolute atomic E-state index is 0.0209. The number of hydrogen-bond acceptors (Lipinski definition) is 4. The van der Waals surface area contributed by atoms with Crippen LogP contribution in [0.25, 0.3) is 16.2 Å². The molecule has 3 rings (SSSR count). The van der Waals surface area contributed by atoms with Crippen molar-refractivity contribution in [2.24, 2.45) is 0 Å². The molecule has 11 heteroatoms. The third-order valence-corrected chi connectivity index (χ3v) is 4.66. The van der Waals surface area contributed by atoms with E-state index in [1.165, 1.54) is 15.9 Å². The van der Waals surface area contributed by atoms with Crippen molar-refractivity contribution in [1.29, 1.82) is 0 Å². The zero-order valence-corrected chi connectivity index (χ0v) is 15.5. The van der Waals surface area contributed by atoms with Crippen LogP contribution in [0.5, 0.6) is 0 Å². The Morgan fingerprint density at radius 1 is 1.26 bits per heavy atom. The van der Waals surface area contributed by atoms with Gasteiger partial charge in [0.2, 0.25) is 4.96 Å². The summed E-state index contributed by atoms with van der Waals surface area (Å²) in [5.74, 6) is -0.823. The lowest BCUT2D eigenvalue weighted by Gasteiger charge is -2.08. The smallest absolute Gasteiger partial charge is 0.278 e. The molecule has 23 heavy (non-hydrogen) atoms. The van der Waals surface area contributed by atoms with Crippen LogP contribution in [0.2, 0.25) is 10.0 Å². The van der Waals surface area contributed by atoms with Gasteiger partial charge in [0.25, 0.3) is 15.6 Å². The number of benzene rings is 1. The maximum atomic E-state index is 11.7. The van der Waals surface area contributed by atoms with Crippen LogP contribution in [0.15, 0.2) is 23.6 Å². The van der Waals surface area contributed by atoms with E-state index < -0.39 is 9.70 Å². The van der Waals surface area contributed by atoms with Gasteiger partial charge in [-0.15, -0.1) is 16.4 Å². The van der Waals surface area contributed by atoms with Gasteiger partial charge in [0, 0.05) is 16.0 Å². The molecule has 1 amide bonds. The molecule has 2 aromatic heterocycles. The fourth-order valence-corrected chi connectivity index (χ4v) is 3.14. The Labute approximate surface area is 159 Å². The SMILES string of the molecule is O=C(Nc1nc2scc(-c3cc(Cl)ccc3Cl)n2n1)C(Cl)(Cl)Cl. The Hall–Kier alpha value is -0.760. The first kappa shape index (κ1) is 17.1. The number of carbonyl (C=O) groups is 1. The number of halogens is 5. The lowest BCUT2D eigenvalue weighted by Crippen LogP contribution is -2.27. The standard InChI is InChI=1S/C12H5Cl5N4OS/c13-5-1-2-7(14)6(3-5)8-4-23-11-19-10(20-21(8)11)18-9(22)12(15,16)17/h1-4H,(H,18,20,22). The van der Waals surface area contributed by atoms with Gasteiger partial charge in [0.1, 0.15) is 0 Å². The number of thiazole rings is 1. The molecule has 2 heterocycles. The van der Waals surface area contributed by atoms with E-state index in [9.17, 15) is 4.79 Å². The minimum Gasteiger partial charge on any atom is -0.289 e. The van der Waals surface area contributed by atoms with E-state index in [0.717, 1.165) is 0 Å². The summed E-state index contributed by atoms with van der Waals surface area (Å²) < 4.78 is -0.575. The highest BCUT2D eigenvalue weighted by Crippen LogP contribution is 2.33. The van der Waals surface area contributed by atoms with E-state index in [-0.39, 0.29) is 5.95 Å². The summed E-state index contributed by atoms with van der Waals surface area (Å²) in [5.41, 5.74) is 1.37. The highest BCUT2D eigenvalue weighted by molar-refractivity contribution is 7.15. The maximum Gasteiger partial charge on any atom is 0.278 e. The quantitative estimate of drug-likeness (QED) is 0.577. The molecule has 1 aromatic carbocycles. The van der Waals surface area contributed by atoms with Crippen molar-refractivity contribution < 1.29 is 4.79 Å². The molecule has 120 valence electrons. The fourth-order valence-electron chi connectivity index (χ4n) is 1.79. The summed E-state index contributed by atoms with van der Waals surface area (Å²) in [4.78, 5) is 16.3. The number of rotatable bonds is 2. The molecule has 0 aliphatic carbocycles. The Morgan fingerprint density at radius 2 is 2.00 bits per heavy atom. The van der Waals surface area contributed by atoms with Crippen LogP contribution in [-0.4, -0.2) is 24.3 Å². The van der Waals surface area contributed by atoms with Gasteiger partial charge in [-0.1, -0.05) is 58.0 Å². The van der Waals surface area contributed by atoms with Gasteiger partial charge in [0.15, 0.2) is 0 Å². The third kappa shape index (κ3) is 3.52. The molecule has 0 saturated carbocycles. The van der Waals surface area contributed by atoms with Crippen molar-refractivity contribution in [1.82, 2.24) is 14.6 Å². The van der Waals surface area contributed by atoms with Crippen LogP contribution in [0, 0.1) is 0 Å². The highest BCUT2D eigenvalue weighted by atomic mass is 35.6. The van der Waals surface area contributed by atoms with E-state index in [4.69, 9.17) is 58.0 Å². The van der Waals surface area contributed by atoms with E-state index in [1.807, 2.05) is 5.38 Å². The third-order valence-electron chi connectivity index (χ3n) is 2.77. The van der Waals surface area contributed by atoms with Crippen LogP contribution in [0.1, 0.15) is 0 Å². The van der Waals surface area contributed by atoms with E-state index in [2.05, 4.69) is 15.4 Å². The largest absolute Gasteiger partial charge is 0.289 e.